The molecule has 0 saturated carbocycles. The van der Waals surface area contributed by atoms with E-state index in [1.807, 2.05) is 54.6 Å². The topological polar surface area (TPSA) is 71.5 Å². The molecule has 1 aliphatic rings. The number of carbonyl (C=O) groups excluding carboxylic acids is 2. The van der Waals surface area contributed by atoms with Gasteiger partial charge >= 0.3 is 0 Å². The Balaban J connectivity index is 1.58. The number of amides is 2. The van der Waals surface area contributed by atoms with Crippen LogP contribution in [0.2, 0.25) is 0 Å². The summed E-state index contributed by atoms with van der Waals surface area (Å²) in [4.78, 5) is 33.7. The lowest BCUT2D eigenvalue weighted by atomic mass is 9.79. The van der Waals surface area contributed by atoms with Crippen molar-refractivity contribution in [2.24, 2.45) is 0 Å². The van der Waals surface area contributed by atoms with Gasteiger partial charge in [0.25, 0.3) is 5.91 Å². The standard InChI is InChI=1S/C30H26FN3O3/c1-37-24-15-11-21(12-16-24)28-27(29(35)33-18-23-6-4-5-17-32-23)25-7-2-3-8-26(25)30(36)34(28)19-20-9-13-22(31)14-10-20/h2-17,27-28H,18-19H2,1H3,(H,33,35)/t27-,28-/m1/s1. The molecule has 2 amide bonds. The van der Waals surface area contributed by atoms with E-state index in [-0.39, 0.29) is 30.7 Å². The monoisotopic (exact) mass is 495 g/mol. The molecule has 3 aromatic carbocycles. The van der Waals surface area contributed by atoms with E-state index in [0.717, 1.165) is 16.8 Å². The second-order valence-electron chi connectivity index (χ2n) is 8.88. The number of halogens is 1. The number of benzene rings is 3. The molecular weight excluding hydrogens is 469 g/mol. The van der Waals surface area contributed by atoms with Crippen LogP contribution in [0.3, 0.4) is 0 Å². The Bertz CT molecular complexity index is 1390. The molecule has 5 rings (SSSR count). The second kappa shape index (κ2) is 10.6. The minimum Gasteiger partial charge on any atom is -0.497 e. The predicted octanol–water partition coefficient (Wildman–Crippen LogP) is 5.03. The number of hydrogen-bond acceptors (Lipinski definition) is 4. The van der Waals surface area contributed by atoms with Crippen molar-refractivity contribution in [3.63, 3.8) is 0 Å². The average molecular weight is 496 g/mol. The Labute approximate surface area is 214 Å². The number of pyridine rings is 1. The maximum absolute atomic E-state index is 13.8. The van der Waals surface area contributed by atoms with Gasteiger partial charge in [0.2, 0.25) is 5.91 Å². The van der Waals surface area contributed by atoms with Crippen LogP contribution in [0, 0.1) is 5.82 Å². The predicted molar refractivity (Wildman–Crippen MR) is 137 cm³/mol. The molecule has 0 unspecified atom stereocenters. The van der Waals surface area contributed by atoms with Gasteiger partial charge in [0.1, 0.15) is 11.6 Å². The van der Waals surface area contributed by atoms with Crippen molar-refractivity contribution < 1.29 is 18.7 Å². The molecule has 2 atom stereocenters. The van der Waals surface area contributed by atoms with E-state index in [0.29, 0.717) is 16.9 Å². The third kappa shape index (κ3) is 5.07. The van der Waals surface area contributed by atoms with Gasteiger partial charge in [-0.3, -0.25) is 14.6 Å². The lowest BCUT2D eigenvalue weighted by molar-refractivity contribution is -0.124. The van der Waals surface area contributed by atoms with Crippen LogP contribution in [-0.4, -0.2) is 28.8 Å². The number of ether oxygens (including phenoxy) is 1. The first-order valence-corrected chi connectivity index (χ1v) is 12.0. The first-order chi connectivity index (χ1) is 18.0. The highest BCUT2D eigenvalue weighted by molar-refractivity contribution is 6.01. The summed E-state index contributed by atoms with van der Waals surface area (Å²) in [5.41, 5.74) is 3.44. The molecule has 0 aliphatic carbocycles. The fourth-order valence-corrected chi connectivity index (χ4v) is 4.80. The minimum absolute atomic E-state index is 0.186. The number of nitrogens with zero attached hydrogens (tertiary/aromatic N) is 2. The fraction of sp³-hybridized carbons (Fsp3) is 0.167. The normalized spacial score (nSPS) is 16.7. The van der Waals surface area contributed by atoms with Crippen molar-refractivity contribution in [2.75, 3.05) is 7.11 Å². The Kier molecular flexibility index (Phi) is 6.94. The number of methoxy groups -OCH3 is 1. The summed E-state index contributed by atoms with van der Waals surface area (Å²) in [6.07, 6.45) is 1.68. The summed E-state index contributed by atoms with van der Waals surface area (Å²) < 4.78 is 18.9. The van der Waals surface area contributed by atoms with Crippen LogP contribution in [0.4, 0.5) is 4.39 Å². The van der Waals surface area contributed by atoms with E-state index in [1.165, 1.54) is 12.1 Å². The van der Waals surface area contributed by atoms with Crippen molar-refractivity contribution >= 4 is 11.8 Å². The molecule has 1 aromatic heterocycles. The number of carbonyl (C=O) groups is 2. The van der Waals surface area contributed by atoms with Gasteiger partial charge in [0, 0.05) is 18.3 Å². The van der Waals surface area contributed by atoms with Gasteiger partial charge in [-0.25, -0.2) is 4.39 Å². The highest BCUT2D eigenvalue weighted by Crippen LogP contribution is 2.44. The maximum Gasteiger partial charge on any atom is 0.255 e. The van der Waals surface area contributed by atoms with E-state index in [4.69, 9.17) is 4.74 Å². The molecule has 0 fully saturated rings. The van der Waals surface area contributed by atoms with Gasteiger partial charge in [-0.1, -0.05) is 48.5 Å². The zero-order chi connectivity index (χ0) is 25.8. The zero-order valence-corrected chi connectivity index (χ0v) is 20.3. The van der Waals surface area contributed by atoms with Crippen molar-refractivity contribution in [3.05, 3.63) is 131 Å². The molecule has 7 heteroatoms. The number of fused-ring (bicyclic) bond motifs is 1. The smallest absolute Gasteiger partial charge is 0.255 e. The van der Waals surface area contributed by atoms with Gasteiger partial charge < -0.3 is 15.0 Å². The third-order valence-corrected chi connectivity index (χ3v) is 6.61. The lowest BCUT2D eigenvalue weighted by Gasteiger charge is -2.42. The highest BCUT2D eigenvalue weighted by atomic mass is 19.1. The Hall–Kier alpha value is -4.52. The van der Waals surface area contributed by atoms with Gasteiger partial charge in [0.15, 0.2) is 0 Å². The molecule has 37 heavy (non-hydrogen) atoms. The van der Waals surface area contributed by atoms with Crippen molar-refractivity contribution in [3.8, 4) is 5.75 Å². The Morgan fingerprint density at radius 1 is 0.973 bits per heavy atom. The van der Waals surface area contributed by atoms with Crippen LogP contribution in [0.25, 0.3) is 0 Å². The quantitative estimate of drug-likeness (QED) is 0.391. The van der Waals surface area contributed by atoms with Gasteiger partial charge in [-0.05, 0) is 59.2 Å². The van der Waals surface area contributed by atoms with Crippen LogP contribution < -0.4 is 10.1 Å². The first-order valence-electron chi connectivity index (χ1n) is 12.0. The van der Waals surface area contributed by atoms with E-state index in [1.54, 1.807) is 42.5 Å². The second-order valence-corrected chi connectivity index (χ2v) is 8.88. The summed E-state index contributed by atoms with van der Waals surface area (Å²) in [6, 6.07) is 25.6. The molecule has 1 aliphatic heterocycles. The third-order valence-electron chi connectivity index (χ3n) is 6.61. The summed E-state index contributed by atoms with van der Waals surface area (Å²) in [6.45, 7) is 0.480. The van der Waals surface area contributed by atoms with E-state index < -0.39 is 12.0 Å². The summed E-state index contributed by atoms with van der Waals surface area (Å²) in [5, 5.41) is 3.02. The zero-order valence-electron chi connectivity index (χ0n) is 20.3. The maximum atomic E-state index is 13.8. The van der Waals surface area contributed by atoms with E-state index in [2.05, 4.69) is 10.3 Å². The molecular formula is C30H26FN3O3. The molecule has 4 aromatic rings. The summed E-state index contributed by atoms with van der Waals surface area (Å²) in [5.74, 6) is -0.749. The first kappa shape index (κ1) is 24.2. The molecule has 0 spiro atoms. The summed E-state index contributed by atoms with van der Waals surface area (Å²) in [7, 11) is 1.59. The average Bonchev–Trinajstić information content (AvgIpc) is 2.95. The Morgan fingerprint density at radius 3 is 2.41 bits per heavy atom. The van der Waals surface area contributed by atoms with Crippen LogP contribution in [0.5, 0.6) is 5.75 Å². The highest BCUT2D eigenvalue weighted by Gasteiger charge is 2.44. The minimum atomic E-state index is -0.675. The number of rotatable bonds is 7. The van der Waals surface area contributed by atoms with Crippen LogP contribution in [0.1, 0.15) is 44.7 Å². The largest absolute Gasteiger partial charge is 0.497 e. The van der Waals surface area contributed by atoms with Crippen molar-refractivity contribution in [1.82, 2.24) is 15.2 Å². The SMILES string of the molecule is COc1ccc([C@@H]2[C@H](C(=O)NCc3ccccn3)c3ccccc3C(=O)N2Cc2ccc(F)cc2)cc1. The van der Waals surface area contributed by atoms with Gasteiger partial charge in [-0.15, -0.1) is 0 Å². The van der Waals surface area contributed by atoms with Crippen LogP contribution in [0.15, 0.2) is 97.2 Å². The van der Waals surface area contributed by atoms with Gasteiger partial charge in [0.05, 0.1) is 31.3 Å². The molecule has 0 bridgehead atoms. The molecule has 1 N–H and O–H groups in total. The van der Waals surface area contributed by atoms with Gasteiger partial charge in [-0.2, -0.15) is 0 Å². The van der Waals surface area contributed by atoms with E-state index >= 15 is 0 Å². The van der Waals surface area contributed by atoms with Crippen molar-refractivity contribution in [1.29, 1.82) is 0 Å². The molecule has 0 saturated heterocycles. The van der Waals surface area contributed by atoms with Crippen molar-refractivity contribution in [2.45, 2.75) is 25.0 Å². The number of aromatic nitrogens is 1. The van der Waals surface area contributed by atoms with Crippen LogP contribution in [-0.2, 0) is 17.9 Å². The number of hydrogen-bond donors (Lipinski definition) is 1. The van der Waals surface area contributed by atoms with Crippen LogP contribution >= 0.6 is 0 Å². The lowest BCUT2D eigenvalue weighted by Crippen LogP contribution is -2.47. The fourth-order valence-electron chi connectivity index (χ4n) is 4.80. The summed E-state index contributed by atoms with van der Waals surface area (Å²) >= 11 is 0. The molecule has 2 heterocycles. The molecule has 0 radical (unpaired) electrons. The number of nitrogens with one attached hydrogen (secondary N) is 1. The Morgan fingerprint density at radius 2 is 1.70 bits per heavy atom. The van der Waals surface area contributed by atoms with E-state index in [9.17, 15) is 14.0 Å². The molecule has 6 nitrogen and oxygen atoms in total. The molecule has 186 valence electrons.